The number of methoxy groups -OCH3 is 1. The maximum atomic E-state index is 5.16. The minimum Gasteiger partial charge on any atom is -0.497 e. The molecular formula is C12H16O. The molecule has 0 atom stereocenters. The number of aryl methyl sites for hydroxylation is 1. The Morgan fingerprint density at radius 1 is 1.46 bits per heavy atom. The molecule has 0 aliphatic carbocycles. The second kappa shape index (κ2) is 4.13. The minimum absolute atomic E-state index is 0.918. The molecule has 0 amide bonds. The summed E-state index contributed by atoms with van der Waals surface area (Å²) in [5.74, 6) is 0.918. The van der Waals surface area contributed by atoms with Gasteiger partial charge in [0.1, 0.15) is 5.75 Å². The first-order valence-corrected chi connectivity index (χ1v) is 4.51. The van der Waals surface area contributed by atoms with Gasteiger partial charge >= 0.3 is 0 Å². The summed E-state index contributed by atoms with van der Waals surface area (Å²) in [6.45, 7) is 8.12. The molecule has 13 heavy (non-hydrogen) atoms. The van der Waals surface area contributed by atoms with Crippen molar-refractivity contribution in [2.45, 2.75) is 20.3 Å². The van der Waals surface area contributed by atoms with E-state index in [2.05, 4.69) is 25.6 Å². The lowest BCUT2D eigenvalue weighted by molar-refractivity contribution is 0.414. The van der Waals surface area contributed by atoms with E-state index in [4.69, 9.17) is 4.74 Å². The maximum absolute atomic E-state index is 5.16. The van der Waals surface area contributed by atoms with Crippen LogP contribution in [0, 0.1) is 0 Å². The molecule has 0 N–H and O–H groups in total. The molecule has 70 valence electrons. The fourth-order valence-electron chi connectivity index (χ4n) is 1.41. The number of benzene rings is 1. The summed E-state index contributed by atoms with van der Waals surface area (Å²) in [7, 11) is 1.69. The van der Waals surface area contributed by atoms with Crippen molar-refractivity contribution in [1.29, 1.82) is 0 Å². The molecule has 1 aromatic carbocycles. The number of allylic oxidation sites excluding steroid dienone is 1. The Morgan fingerprint density at radius 3 is 2.62 bits per heavy atom. The largest absolute Gasteiger partial charge is 0.497 e. The van der Waals surface area contributed by atoms with Crippen LogP contribution in [0.25, 0.3) is 5.57 Å². The standard InChI is InChI=1S/C12H16O/c1-5-10-8-11(13-4)6-7-12(10)9(2)3/h6-8H,2,5H2,1,3-4H3. The van der Waals surface area contributed by atoms with Crippen molar-refractivity contribution >= 4 is 5.57 Å². The summed E-state index contributed by atoms with van der Waals surface area (Å²) in [4.78, 5) is 0. The van der Waals surface area contributed by atoms with Crippen molar-refractivity contribution in [3.8, 4) is 5.75 Å². The second-order valence-electron chi connectivity index (χ2n) is 3.16. The molecule has 0 saturated carbocycles. The quantitative estimate of drug-likeness (QED) is 0.686. The number of hydrogen-bond acceptors (Lipinski definition) is 1. The van der Waals surface area contributed by atoms with Gasteiger partial charge in [-0.25, -0.2) is 0 Å². The Kier molecular flexibility index (Phi) is 3.13. The van der Waals surface area contributed by atoms with E-state index in [-0.39, 0.29) is 0 Å². The zero-order valence-corrected chi connectivity index (χ0v) is 8.55. The topological polar surface area (TPSA) is 9.23 Å². The van der Waals surface area contributed by atoms with Gasteiger partial charge in [0.2, 0.25) is 0 Å². The van der Waals surface area contributed by atoms with Gasteiger partial charge in [-0.1, -0.05) is 25.1 Å². The van der Waals surface area contributed by atoms with E-state index in [0.717, 1.165) is 17.7 Å². The third-order valence-electron chi connectivity index (χ3n) is 2.15. The van der Waals surface area contributed by atoms with Crippen molar-refractivity contribution in [3.63, 3.8) is 0 Å². The molecule has 0 aromatic heterocycles. The maximum Gasteiger partial charge on any atom is 0.119 e. The highest BCUT2D eigenvalue weighted by Gasteiger charge is 2.02. The molecule has 1 rings (SSSR count). The Bertz CT molecular complexity index is 313. The lowest BCUT2D eigenvalue weighted by Gasteiger charge is -2.09. The van der Waals surface area contributed by atoms with Gasteiger partial charge in [0, 0.05) is 0 Å². The predicted octanol–water partition coefficient (Wildman–Crippen LogP) is 3.29. The van der Waals surface area contributed by atoms with Gasteiger partial charge in [-0.05, 0) is 36.6 Å². The molecule has 0 heterocycles. The van der Waals surface area contributed by atoms with Crippen LogP contribution in [0.2, 0.25) is 0 Å². The highest BCUT2D eigenvalue weighted by atomic mass is 16.5. The van der Waals surface area contributed by atoms with E-state index in [1.165, 1.54) is 11.1 Å². The molecule has 0 radical (unpaired) electrons. The van der Waals surface area contributed by atoms with Gasteiger partial charge in [-0.3, -0.25) is 0 Å². The zero-order chi connectivity index (χ0) is 9.84. The van der Waals surface area contributed by atoms with Crippen LogP contribution in [0.4, 0.5) is 0 Å². The van der Waals surface area contributed by atoms with E-state index in [1.807, 2.05) is 13.0 Å². The highest BCUT2D eigenvalue weighted by molar-refractivity contribution is 5.65. The SMILES string of the molecule is C=C(C)c1ccc(OC)cc1CC. The monoisotopic (exact) mass is 176 g/mol. The van der Waals surface area contributed by atoms with Gasteiger partial charge in [-0.2, -0.15) is 0 Å². The Labute approximate surface area is 80.0 Å². The smallest absolute Gasteiger partial charge is 0.119 e. The van der Waals surface area contributed by atoms with E-state index >= 15 is 0 Å². The lowest BCUT2D eigenvalue weighted by atomic mass is 10.00. The summed E-state index contributed by atoms with van der Waals surface area (Å²) in [5.41, 5.74) is 3.65. The fourth-order valence-corrected chi connectivity index (χ4v) is 1.41. The predicted molar refractivity (Wildman–Crippen MR) is 57.1 cm³/mol. The molecule has 0 bridgehead atoms. The van der Waals surface area contributed by atoms with E-state index < -0.39 is 0 Å². The van der Waals surface area contributed by atoms with E-state index in [1.54, 1.807) is 7.11 Å². The average Bonchev–Trinajstić information content (AvgIpc) is 2.16. The van der Waals surface area contributed by atoms with Gasteiger partial charge < -0.3 is 4.74 Å². The van der Waals surface area contributed by atoms with Gasteiger partial charge in [0.05, 0.1) is 7.11 Å². The third kappa shape index (κ3) is 2.11. The van der Waals surface area contributed by atoms with Crippen molar-refractivity contribution in [2.75, 3.05) is 7.11 Å². The number of ether oxygens (including phenoxy) is 1. The first-order chi connectivity index (χ1) is 6.19. The molecule has 1 heteroatoms. The average molecular weight is 176 g/mol. The molecule has 0 saturated heterocycles. The molecule has 1 nitrogen and oxygen atoms in total. The fraction of sp³-hybridized carbons (Fsp3) is 0.333. The van der Waals surface area contributed by atoms with E-state index in [9.17, 15) is 0 Å². The molecule has 0 aliphatic heterocycles. The van der Waals surface area contributed by atoms with Crippen molar-refractivity contribution < 1.29 is 4.74 Å². The van der Waals surface area contributed by atoms with Gasteiger partial charge in [-0.15, -0.1) is 0 Å². The van der Waals surface area contributed by atoms with Gasteiger partial charge in [0.15, 0.2) is 0 Å². The normalized spacial score (nSPS) is 9.77. The Balaban J connectivity index is 3.15. The molecule has 1 aromatic rings. The summed E-state index contributed by atoms with van der Waals surface area (Å²) in [5, 5.41) is 0. The van der Waals surface area contributed by atoms with Crippen LogP contribution in [0.3, 0.4) is 0 Å². The summed E-state index contributed by atoms with van der Waals surface area (Å²) in [6, 6.07) is 6.12. The van der Waals surface area contributed by atoms with Crippen molar-refractivity contribution in [2.24, 2.45) is 0 Å². The third-order valence-corrected chi connectivity index (χ3v) is 2.15. The van der Waals surface area contributed by atoms with Crippen molar-refractivity contribution in [3.05, 3.63) is 35.9 Å². The minimum atomic E-state index is 0.918. The Hall–Kier alpha value is -1.24. The van der Waals surface area contributed by atoms with Crippen LogP contribution in [-0.4, -0.2) is 7.11 Å². The summed E-state index contributed by atoms with van der Waals surface area (Å²) >= 11 is 0. The van der Waals surface area contributed by atoms with Crippen LogP contribution >= 0.6 is 0 Å². The van der Waals surface area contributed by atoms with Crippen LogP contribution in [-0.2, 0) is 6.42 Å². The van der Waals surface area contributed by atoms with Crippen LogP contribution in [0.1, 0.15) is 25.0 Å². The number of hydrogen-bond donors (Lipinski definition) is 0. The molecule has 0 aliphatic rings. The van der Waals surface area contributed by atoms with Gasteiger partial charge in [0.25, 0.3) is 0 Å². The highest BCUT2D eigenvalue weighted by Crippen LogP contribution is 2.22. The first kappa shape index (κ1) is 9.85. The molecule has 0 fully saturated rings. The lowest BCUT2D eigenvalue weighted by Crippen LogP contribution is -1.91. The molecule has 0 spiro atoms. The van der Waals surface area contributed by atoms with E-state index in [0.29, 0.717) is 0 Å². The van der Waals surface area contributed by atoms with Crippen LogP contribution in [0.15, 0.2) is 24.8 Å². The molecule has 0 unspecified atom stereocenters. The summed E-state index contributed by atoms with van der Waals surface area (Å²) in [6.07, 6.45) is 1.01. The first-order valence-electron chi connectivity index (χ1n) is 4.51. The van der Waals surface area contributed by atoms with Crippen molar-refractivity contribution in [1.82, 2.24) is 0 Å². The van der Waals surface area contributed by atoms with Crippen LogP contribution in [0.5, 0.6) is 5.75 Å². The Morgan fingerprint density at radius 2 is 2.15 bits per heavy atom. The van der Waals surface area contributed by atoms with Crippen LogP contribution < -0.4 is 4.74 Å². The molecular weight excluding hydrogens is 160 g/mol. The number of rotatable bonds is 3. The zero-order valence-electron chi connectivity index (χ0n) is 8.55. The second-order valence-corrected chi connectivity index (χ2v) is 3.16. The summed E-state index contributed by atoms with van der Waals surface area (Å²) < 4.78 is 5.16.